The molecule has 0 aliphatic heterocycles. The summed E-state index contributed by atoms with van der Waals surface area (Å²) in [6.45, 7) is 2.06. The number of hydrogen-bond acceptors (Lipinski definition) is 2. The van der Waals surface area contributed by atoms with E-state index in [1.807, 2.05) is 12.1 Å². The lowest BCUT2D eigenvalue weighted by Gasteiger charge is -2.13. The van der Waals surface area contributed by atoms with Crippen LogP contribution in [0.2, 0.25) is 0 Å². The van der Waals surface area contributed by atoms with E-state index in [4.69, 9.17) is 0 Å². The van der Waals surface area contributed by atoms with Crippen molar-refractivity contribution in [2.24, 2.45) is 17.8 Å². The van der Waals surface area contributed by atoms with E-state index in [1.54, 1.807) is 0 Å². The van der Waals surface area contributed by atoms with E-state index in [0.717, 1.165) is 17.0 Å². The van der Waals surface area contributed by atoms with Crippen LogP contribution in [0.4, 0.5) is 0 Å². The van der Waals surface area contributed by atoms with Gasteiger partial charge in [0.15, 0.2) is 0 Å². The molecule has 1 N–H and O–H groups in total. The zero-order chi connectivity index (χ0) is 14.4. The Hall–Kier alpha value is -2.34. The number of hydrogen-bond donors (Lipinski definition) is 1. The summed E-state index contributed by atoms with van der Waals surface area (Å²) in [5, 5.41) is 9.49. The Kier molecular flexibility index (Phi) is 2.71. The highest BCUT2D eigenvalue weighted by molar-refractivity contribution is 5.82. The predicted molar refractivity (Wildman–Crippen MR) is 83.3 cm³/mol. The van der Waals surface area contributed by atoms with Gasteiger partial charge in [-0.25, -0.2) is 4.98 Å². The van der Waals surface area contributed by atoms with E-state index in [1.165, 1.54) is 18.4 Å². The summed E-state index contributed by atoms with van der Waals surface area (Å²) in [5.74, 6) is 2.52. The maximum atomic E-state index is 9.49. The topological polar surface area (TPSA) is 52.5 Å². The highest BCUT2D eigenvalue weighted by atomic mass is 14.9. The molecule has 2 aromatic rings. The molecule has 3 heteroatoms. The molecule has 2 aliphatic carbocycles. The molecule has 1 aromatic carbocycles. The van der Waals surface area contributed by atoms with Crippen molar-refractivity contribution >= 4 is 16.6 Å². The predicted octanol–water partition coefficient (Wildman–Crippen LogP) is 3.99. The fourth-order valence-electron chi connectivity index (χ4n) is 3.65. The van der Waals surface area contributed by atoms with Gasteiger partial charge in [0.25, 0.3) is 0 Å². The Bertz CT molecular complexity index is 803. The lowest BCUT2D eigenvalue weighted by atomic mass is 9.91. The molecule has 2 bridgehead atoms. The number of fused-ring (bicyclic) bond motifs is 3. The molecule has 0 saturated heterocycles. The number of aromatic amines is 1. The summed E-state index contributed by atoms with van der Waals surface area (Å²) < 4.78 is 0. The third-order valence-electron chi connectivity index (χ3n) is 4.72. The minimum Gasteiger partial charge on any atom is -0.337 e. The molecule has 1 heterocycles. The van der Waals surface area contributed by atoms with E-state index >= 15 is 0 Å². The average molecular weight is 275 g/mol. The van der Waals surface area contributed by atoms with Crippen molar-refractivity contribution in [1.82, 2.24) is 9.97 Å². The van der Waals surface area contributed by atoms with Crippen molar-refractivity contribution in [1.29, 1.82) is 5.26 Å². The first-order valence-corrected chi connectivity index (χ1v) is 7.50. The minimum atomic E-state index is 0.490. The van der Waals surface area contributed by atoms with E-state index in [2.05, 4.69) is 47.3 Å². The van der Waals surface area contributed by atoms with Gasteiger partial charge in [-0.3, -0.25) is 0 Å². The van der Waals surface area contributed by atoms with Gasteiger partial charge in [0.2, 0.25) is 0 Å². The molecule has 0 unspecified atom stereocenters. The van der Waals surface area contributed by atoms with Gasteiger partial charge in [-0.05, 0) is 55.2 Å². The lowest BCUT2D eigenvalue weighted by molar-refractivity contribution is 0.551. The second-order valence-corrected chi connectivity index (χ2v) is 6.24. The van der Waals surface area contributed by atoms with Crippen LogP contribution in [0.3, 0.4) is 0 Å². The molecule has 0 spiro atoms. The zero-order valence-corrected chi connectivity index (χ0v) is 12.0. The van der Waals surface area contributed by atoms with Crippen molar-refractivity contribution < 1.29 is 0 Å². The van der Waals surface area contributed by atoms with E-state index in [9.17, 15) is 5.26 Å². The maximum Gasteiger partial charge on any atom is 0.148 e. The number of imidazole rings is 1. The van der Waals surface area contributed by atoms with Crippen molar-refractivity contribution in [3.8, 4) is 6.07 Å². The summed E-state index contributed by atoms with van der Waals surface area (Å²) in [7, 11) is 0. The smallest absolute Gasteiger partial charge is 0.148 e. The Morgan fingerprint density at radius 1 is 1.38 bits per heavy atom. The minimum absolute atomic E-state index is 0.490. The van der Waals surface area contributed by atoms with E-state index in [0.29, 0.717) is 23.2 Å². The van der Waals surface area contributed by atoms with Crippen LogP contribution in [0, 0.1) is 36.0 Å². The van der Waals surface area contributed by atoms with Crippen molar-refractivity contribution in [2.75, 3.05) is 0 Å². The number of nitrogens with zero attached hydrogens (tertiary/aromatic N) is 2. The SMILES string of the molecule is Cc1ccc2nc(/C(C#N)=C/[C@H]3C[C@H]4C=C[C@H]3C4)[nH]c2c1. The summed E-state index contributed by atoms with van der Waals surface area (Å²) >= 11 is 0. The average Bonchev–Trinajstić information content (AvgIpc) is 3.18. The quantitative estimate of drug-likeness (QED) is 0.665. The number of nitriles is 1. The molecule has 1 saturated carbocycles. The van der Waals surface area contributed by atoms with Gasteiger partial charge in [-0.2, -0.15) is 5.26 Å². The van der Waals surface area contributed by atoms with Crippen LogP contribution in [0.15, 0.2) is 36.4 Å². The summed E-state index contributed by atoms with van der Waals surface area (Å²) in [5.41, 5.74) is 3.79. The Morgan fingerprint density at radius 2 is 2.29 bits per heavy atom. The summed E-state index contributed by atoms with van der Waals surface area (Å²) in [4.78, 5) is 7.85. The molecule has 21 heavy (non-hydrogen) atoms. The number of benzene rings is 1. The molecule has 3 atom stereocenters. The highest BCUT2D eigenvalue weighted by Gasteiger charge is 2.34. The van der Waals surface area contributed by atoms with Crippen molar-refractivity contribution in [2.45, 2.75) is 19.8 Å². The van der Waals surface area contributed by atoms with Crippen LogP contribution in [0.5, 0.6) is 0 Å². The zero-order valence-electron chi connectivity index (χ0n) is 12.0. The molecule has 1 aromatic heterocycles. The van der Waals surface area contributed by atoms with E-state index in [-0.39, 0.29) is 0 Å². The lowest BCUT2D eigenvalue weighted by Crippen LogP contribution is -2.04. The van der Waals surface area contributed by atoms with Gasteiger partial charge in [-0.1, -0.05) is 24.3 Å². The van der Waals surface area contributed by atoms with Crippen LogP contribution in [-0.4, -0.2) is 9.97 Å². The third kappa shape index (κ3) is 2.08. The second kappa shape index (κ2) is 4.60. The van der Waals surface area contributed by atoms with E-state index < -0.39 is 0 Å². The molecule has 3 nitrogen and oxygen atoms in total. The Labute approximate surface area is 124 Å². The Morgan fingerprint density at radius 3 is 3.00 bits per heavy atom. The number of nitrogens with one attached hydrogen (secondary N) is 1. The number of rotatable bonds is 2. The molecule has 0 amide bonds. The molecule has 4 rings (SSSR count). The first kappa shape index (κ1) is 12.4. The maximum absolute atomic E-state index is 9.49. The highest BCUT2D eigenvalue weighted by Crippen LogP contribution is 2.44. The fraction of sp³-hybridized carbons (Fsp3) is 0.333. The summed E-state index contributed by atoms with van der Waals surface area (Å²) in [6.07, 6.45) is 9.18. The monoisotopic (exact) mass is 275 g/mol. The van der Waals surface area contributed by atoms with Crippen LogP contribution in [0.1, 0.15) is 24.2 Å². The third-order valence-corrected chi connectivity index (χ3v) is 4.72. The largest absolute Gasteiger partial charge is 0.337 e. The molecule has 1 fully saturated rings. The first-order valence-electron chi connectivity index (χ1n) is 7.50. The van der Waals surface area contributed by atoms with Crippen molar-refractivity contribution in [3.05, 3.63) is 47.8 Å². The van der Waals surface area contributed by atoms with Crippen LogP contribution in [0.25, 0.3) is 16.6 Å². The standard InChI is InChI=1S/C18H17N3/c1-11-2-5-16-17(6-11)21-18(20-16)15(10-19)9-14-8-12-3-4-13(14)7-12/h2-6,9,12-14H,7-8H2,1H3,(H,20,21)/b15-9+/t12-,13-,14+/m0/s1. The second-order valence-electron chi connectivity index (χ2n) is 6.24. The number of allylic oxidation sites excluding steroid dienone is 4. The fourth-order valence-corrected chi connectivity index (χ4v) is 3.65. The molecule has 104 valence electrons. The molecular weight excluding hydrogens is 258 g/mol. The van der Waals surface area contributed by atoms with Gasteiger partial charge >= 0.3 is 0 Å². The first-order chi connectivity index (χ1) is 10.2. The van der Waals surface area contributed by atoms with Gasteiger partial charge in [0, 0.05) is 0 Å². The van der Waals surface area contributed by atoms with Crippen LogP contribution >= 0.6 is 0 Å². The molecule has 0 radical (unpaired) electrons. The number of aryl methyl sites for hydroxylation is 1. The van der Waals surface area contributed by atoms with Gasteiger partial charge < -0.3 is 4.98 Å². The van der Waals surface area contributed by atoms with Gasteiger partial charge in [0.1, 0.15) is 11.9 Å². The van der Waals surface area contributed by atoms with Crippen molar-refractivity contribution in [3.63, 3.8) is 0 Å². The van der Waals surface area contributed by atoms with Gasteiger partial charge in [-0.15, -0.1) is 0 Å². The molecular formula is C18H17N3. The van der Waals surface area contributed by atoms with Gasteiger partial charge in [0.05, 0.1) is 16.6 Å². The summed E-state index contributed by atoms with van der Waals surface area (Å²) in [6, 6.07) is 8.44. The van der Waals surface area contributed by atoms with Crippen LogP contribution < -0.4 is 0 Å². The van der Waals surface area contributed by atoms with Crippen LogP contribution in [-0.2, 0) is 0 Å². The Balaban J connectivity index is 1.71. The number of aromatic nitrogens is 2. The normalized spacial score (nSPS) is 27.4. The number of H-pyrrole nitrogens is 1. The molecule has 2 aliphatic rings.